The van der Waals surface area contributed by atoms with E-state index in [0.717, 1.165) is 36.7 Å². The Bertz CT molecular complexity index is 706. The van der Waals surface area contributed by atoms with Crippen molar-refractivity contribution in [2.24, 2.45) is 4.99 Å². The van der Waals surface area contributed by atoms with Crippen molar-refractivity contribution in [1.82, 2.24) is 10.6 Å². The normalized spacial score (nSPS) is 10.9. The Balaban J connectivity index is 0.00000392. The fraction of sp³-hybridized carbons (Fsp3) is 0.400. The van der Waals surface area contributed by atoms with Crippen molar-refractivity contribution >= 4 is 53.3 Å². The lowest BCUT2D eigenvalue weighted by atomic mass is 10.2. The number of carbonyl (C=O) groups is 1. The standard InChI is InChI=1S/C20H28N4O2S.HI/c1-3-21-20(22-12-4-5-14-27-2)23-15-16-8-10-17(11-9-16)24-19(25)18-7-6-13-26-18;/h6-11,13H,3-5,12,14-15H2,1-2H3,(H,24,25)(H2,21,22,23);1H. The van der Waals surface area contributed by atoms with Crippen LogP contribution in [0.25, 0.3) is 0 Å². The van der Waals surface area contributed by atoms with Gasteiger partial charge in [0.2, 0.25) is 0 Å². The largest absolute Gasteiger partial charge is 0.459 e. The third kappa shape index (κ3) is 9.01. The summed E-state index contributed by atoms with van der Waals surface area (Å²) in [5.41, 5.74) is 1.80. The van der Waals surface area contributed by atoms with Crippen molar-refractivity contribution in [2.75, 3.05) is 30.4 Å². The molecule has 0 bridgehead atoms. The zero-order valence-electron chi connectivity index (χ0n) is 16.4. The average molecular weight is 516 g/mol. The Morgan fingerprint density at radius 1 is 1.14 bits per heavy atom. The highest BCUT2D eigenvalue weighted by atomic mass is 127. The Labute approximate surface area is 188 Å². The molecule has 0 radical (unpaired) electrons. The van der Waals surface area contributed by atoms with Crippen molar-refractivity contribution in [1.29, 1.82) is 0 Å². The van der Waals surface area contributed by atoms with Crippen LogP contribution in [0.3, 0.4) is 0 Å². The number of furan rings is 1. The summed E-state index contributed by atoms with van der Waals surface area (Å²) in [4.78, 5) is 16.6. The van der Waals surface area contributed by atoms with Crippen molar-refractivity contribution < 1.29 is 9.21 Å². The summed E-state index contributed by atoms with van der Waals surface area (Å²) >= 11 is 1.88. The van der Waals surface area contributed by atoms with E-state index in [-0.39, 0.29) is 29.9 Å². The topological polar surface area (TPSA) is 78.7 Å². The highest BCUT2D eigenvalue weighted by Crippen LogP contribution is 2.12. The molecule has 8 heteroatoms. The number of thioether (sulfide) groups is 1. The van der Waals surface area contributed by atoms with Crippen molar-refractivity contribution in [3.8, 4) is 0 Å². The summed E-state index contributed by atoms with van der Waals surface area (Å²) < 4.78 is 5.09. The van der Waals surface area contributed by atoms with Crippen LogP contribution < -0.4 is 16.0 Å². The minimum Gasteiger partial charge on any atom is -0.459 e. The van der Waals surface area contributed by atoms with Crippen LogP contribution in [-0.4, -0.2) is 37.0 Å². The van der Waals surface area contributed by atoms with Gasteiger partial charge in [-0.25, -0.2) is 4.99 Å². The van der Waals surface area contributed by atoms with Gasteiger partial charge in [0.05, 0.1) is 12.8 Å². The molecule has 0 fully saturated rings. The molecule has 3 N–H and O–H groups in total. The van der Waals surface area contributed by atoms with Gasteiger partial charge in [-0.05, 0) is 61.6 Å². The number of nitrogens with zero attached hydrogens (tertiary/aromatic N) is 1. The van der Waals surface area contributed by atoms with Crippen LogP contribution in [-0.2, 0) is 6.54 Å². The Morgan fingerprint density at radius 3 is 2.57 bits per heavy atom. The fourth-order valence-corrected chi connectivity index (χ4v) is 2.88. The molecule has 0 saturated carbocycles. The molecule has 0 unspecified atom stereocenters. The lowest BCUT2D eigenvalue weighted by molar-refractivity contribution is 0.0996. The predicted molar refractivity (Wildman–Crippen MR) is 129 cm³/mol. The molecule has 0 aliphatic heterocycles. The maximum absolute atomic E-state index is 12.0. The van der Waals surface area contributed by atoms with Gasteiger partial charge in [0, 0.05) is 18.8 Å². The van der Waals surface area contributed by atoms with Crippen LogP contribution in [0.5, 0.6) is 0 Å². The zero-order valence-corrected chi connectivity index (χ0v) is 19.5. The first-order valence-corrected chi connectivity index (χ1v) is 10.6. The second-order valence-electron chi connectivity index (χ2n) is 5.95. The van der Waals surface area contributed by atoms with Gasteiger partial charge in [-0.15, -0.1) is 24.0 Å². The number of anilines is 1. The van der Waals surface area contributed by atoms with Gasteiger partial charge in [0.1, 0.15) is 0 Å². The van der Waals surface area contributed by atoms with E-state index in [1.54, 1.807) is 12.1 Å². The molecule has 154 valence electrons. The fourth-order valence-electron chi connectivity index (χ4n) is 2.38. The predicted octanol–water partition coefficient (Wildman–Crippen LogP) is 4.35. The summed E-state index contributed by atoms with van der Waals surface area (Å²) in [6.45, 7) is 4.38. The molecule has 1 amide bonds. The summed E-state index contributed by atoms with van der Waals surface area (Å²) in [6.07, 6.45) is 5.95. The van der Waals surface area contributed by atoms with Gasteiger partial charge in [0.15, 0.2) is 11.7 Å². The number of halogens is 1. The third-order valence-electron chi connectivity index (χ3n) is 3.79. The third-order valence-corrected chi connectivity index (χ3v) is 4.49. The van der Waals surface area contributed by atoms with E-state index in [1.165, 1.54) is 18.4 Å². The molecule has 1 aromatic carbocycles. The molecule has 0 saturated heterocycles. The number of rotatable bonds is 10. The van der Waals surface area contributed by atoms with Gasteiger partial charge in [0.25, 0.3) is 5.91 Å². The monoisotopic (exact) mass is 516 g/mol. The molecule has 0 aliphatic carbocycles. The summed E-state index contributed by atoms with van der Waals surface area (Å²) in [6, 6.07) is 11.0. The maximum Gasteiger partial charge on any atom is 0.291 e. The summed E-state index contributed by atoms with van der Waals surface area (Å²) in [7, 11) is 0. The highest BCUT2D eigenvalue weighted by molar-refractivity contribution is 14.0. The van der Waals surface area contributed by atoms with E-state index in [1.807, 2.05) is 36.0 Å². The maximum atomic E-state index is 12.0. The molecule has 0 aliphatic rings. The number of benzene rings is 1. The minimum atomic E-state index is -0.258. The number of amides is 1. The van der Waals surface area contributed by atoms with Gasteiger partial charge < -0.3 is 20.4 Å². The summed E-state index contributed by atoms with van der Waals surface area (Å²) in [5, 5.41) is 9.43. The Hall–Kier alpha value is -1.68. The number of nitrogens with one attached hydrogen (secondary N) is 3. The lowest BCUT2D eigenvalue weighted by Gasteiger charge is -2.11. The molecule has 6 nitrogen and oxygen atoms in total. The van der Waals surface area contributed by atoms with E-state index >= 15 is 0 Å². The van der Waals surface area contributed by atoms with E-state index in [2.05, 4.69) is 34.1 Å². The second kappa shape index (κ2) is 14.3. The van der Waals surface area contributed by atoms with Gasteiger partial charge in [-0.2, -0.15) is 11.8 Å². The number of unbranched alkanes of at least 4 members (excludes halogenated alkanes) is 1. The van der Waals surface area contributed by atoms with Gasteiger partial charge >= 0.3 is 0 Å². The number of hydrogen-bond acceptors (Lipinski definition) is 4. The average Bonchev–Trinajstić information content (AvgIpc) is 3.22. The van der Waals surface area contributed by atoms with Gasteiger partial charge in [-0.3, -0.25) is 4.79 Å². The van der Waals surface area contributed by atoms with Crippen molar-refractivity contribution in [3.05, 3.63) is 54.0 Å². The zero-order chi connectivity index (χ0) is 19.3. The van der Waals surface area contributed by atoms with E-state index in [4.69, 9.17) is 4.42 Å². The molecular weight excluding hydrogens is 487 g/mol. The number of guanidine groups is 1. The first kappa shape index (κ1) is 24.4. The van der Waals surface area contributed by atoms with Gasteiger partial charge in [-0.1, -0.05) is 12.1 Å². The second-order valence-corrected chi connectivity index (χ2v) is 6.94. The van der Waals surface area contributed by atoms with Crippen LogP contribution in [0.1, 0.15) is 35.9 Å². The first-order valence-electron chi connectivity index (χ1n) is 9.18. The molecule has 0 spiro atoms. The molecule has 0 atom stereocenters. The van der Waals surface area contributed by atoms with Crippen molar-refractivity contribution in [3.63, 3.8) is 0 Å². The van der Waals surface area contributed by atoms with E-state index in [9.17, 15) is 4.79 Å². The molecule has 1 heterocycles. The van der Waals surface area contributed by atoms with Crippen LogP contribution >= 0.6 is 35.7 Å². The van der Waals surface area contributed by atoms with Crippen LogP contribution in [0, 0.1) is 0 Å². The molecular formula is C20H29IN4O2S. The molecule has 2 rings (SSSR count). The minimum absolute atomic E-state index is 0. The number of carbonyl (C=O) groups excluding carboxylic acids is 1. The van der Waals surface area contributed by atoms with Crippen molar-refractivity contribution in [2.45, 2.75) is 26.3 Å². The van der Waals surface area contributed by atoms with Crippen LogP contribution in [0.15, 0.2) is 52.1 Å². The molecule has 1 aromatic heterocycles. The highest BCUT2D eigenvalue weighted by Gasteiger charge is 2.08. The Morgan fingerprint density at radius 2 is 1.93 bits per heavy atom. The number of aliphatic imine (C=N–C) groups is 1. The first-order chi connectivity index (χ1) is 13.2. The summed E-state index contributed by atoms with van der Waals surface area (Å²) in [5.74, 6) is 2.06. The van der Waals surface area contributed by atoms with Crippen LogP contribution in [0.2, 0.25) is 0 Å². The quantitative estimate of drug-likeness (QED) is 0.190. The van der Waals surface area contributed by atoms with E-state index < -0.39 is 0 Å². The molecule has 28 heavy (non-hydrogen) atoms. The van der Waals surface area contributed by atoms with Crippen LogP contribution in [0.4, 0.5) is 5.69 Å². The lowest BCUT2D eigenvalue weighted by Crippen LogP contribution is -2.37. The smallest absolute Gasteiger partial charge is 0.291 e. The number of hydrogen-bond donors (Lipinski definition) is 3. The Kier molecular flexibility index (Phi) is 12.5. The SMILES string of the molecule is CCNC(=NCc1ccc(NC(=O)c2ccco2)cc1)NCCCCSC.I. The molecule has 2 aromatic rings. The van der Waals surface area contributed by atoms with E-state index in [0.29, 0.717) is 12.3 Å².